The number of ether oxygens (including phenoxy) is 12. The van der Waals surface area contributed by atoms with Crippen LogP contribution in [0.5, 0.6) is 0 Å². The van der Waals surface area contributed by atoms with Crippen molar-refractivity contribution in [3.8, 4) is 0 Å². The van der Waals surface area contributed by atoms with E-state index >= 15 is 0 Å². The fraction of sp³-hybridized carbons (Fsp3) is 0.648. The molecule has 0 aliphatic carbocycles. The third kappa shape index (κ3) is 10.5. The summed E-state index contributed by atoms with van der Waals surface area (Å²) < 4.78 is 78.3. The second-order valence-corrected chi connectivity index (χ2v) is 23.2. The Labute approximate surface area is 436 Å². The van der Waals surface area contributed by atoms with Crippen LogP contribution in [0.3, 0.4) is 0 Å². The van der Waals surface area contributed by atoms with Gasteiger partial charge in [0.05, 0.1) is 47.8 Å². The molecule has 12 aliphatic heterocycles. The van der Waals surface area contributed by atoms with Crippen LogP contribution in [0.25, 0.3) is 0 Å². The highest BCUT2D eigenvalue weighted by Gasteiger charge is 2.70. The molecule has 12 heterocycles. The van der Waals surface area contributed by atoms with E-state index < -0.39 is 17.7 Å². The van der Waals surface area contributed by atoms with Crippen molar-refractivity contribution in [1.29, 1.82) is 0 Å². The van der Waals surface area contributed by atoms with Gasteiger partial charge in [0.15, 0.2) is 11.6 Å². The molecule has 2 aromatic carbocycles. The molecule has 390 valence electrons. The van der Waals surface area contributed by atoms with Gasteiger partial charge in [-0.2, -0.15) is 0 Å². The normalized spacial score (nSPS) is 40.9. The molecule has 0 aromatic heterocycles. The van der Waals surface area contributed by atoms with Crippen molar-refractivity contribution in [2.45, 2.75) is 211 Å². The predicted octanol–water partition coefficient (Wildman–Crippen LogP) is 7.49. The second-order valence-electron chi connectivity index (χ2n) is 20.9. The number of carbonyl (C=O) groups excluding carboxylic acids is 3. The fourth-order valence-electron chi connectivity index (χ4n) is 12.8. The van der Waals surface area contributed by atoms with Crippen LogP contribution in [-0.2, 0) is 61.6 Å². The number of rotatable bonds is 18. The summed E-state index contributed by atoms with van der Waals surface area (Å²) in [6.07, 6.45) is 5.85. The van der Waals surface area contributed by atoms with Crippen molar-refractivity contribution in [3.05, 3.63) is 93.9 Å². The van der Waals surface area contributed by atoms with E-state index in [0.717, 1.165) is 40.9 Å². The number of carbonyl (C=O) groups is 3. The first-order valence-corrected chi connectivity index (χ1v) is 27.3. The molecule has 20 atom stereocenters. The number of fused-ring (bicyclic) bond motifs is 2. The van der Waals surface area contributed by atoms with Gasteiger partial charge in [-0.3, -0.25) is 0 Å². The minimum atomic E-state index is -0.867. The van der Waals surface area contributed by atoms with Gasteiger partial charge >= 0.3 is 11.9 Å². The molecule has 1 N–H and O–H groups in total. The highest BCUT2D eigenvalue weighted by molar-refractivity contribution is 9.12. The van der Waals surface area contributed by atoms with Crippen LogP contribution < -0.4 is 0 Å². The quantitative estimate of drug-likeness (QED) is 0.114. The van der Waals surface area contributed by atoms with Crippen LogP contribution >= 0.6 is 31.9 Å². The zero-order chi connectivity index (χ0) is 49.7. The van der Waals surface area contributed by atoms with Gasteiger partial charge in [0.1, 0.15) is 79.5 Å². The highest BCUT2D eigenvalue weighted by atomic mass is 79.9. The number of aliphatic hydroxyl groups excluding tert-OH is 1. The Morgan fingerprint density at radius 3 is 1.44 bits per heavy atom. The lowest BCUT2D eigenvalue weighted by Crippen LogP contribution is -2.61. The standard InChI is InChI=1S/C27H33BrO8.C27H31BrO8/c2*1-15(28)13-18(32-26(30)16-5-3-2-4-6-16)9-11-27-14-20-22(35-27)23-24(34-20)25(36-27)21-19(33-23)8-7-17(31-21)10-12-29/h2-6,17-25,29H,1,7-14H2;2-6,12,17-25H,1,7-11,13-14H2/t2*17-,18+,19+,20-,21+,22+,23+,24-,25+,27+/m11/s1. The maximum absolute atomic E-state index is 12.7. The van der Waals surface area contributed by atoms with E-state index in [9.17, 15) is 19.5 Å². The van der Waals surface area contributed by atoms with E-state index in [2.05, 4.69) is 45.0 Å². The van der Waals surface area contributed by atoms with E-state index in [1.165, 1.54) is 0 Å². The lowest BCUT2D eigenvalue weighted by atomic mass is 9.87. The van der Waals surface area contributed by atoms with Crippen molar-refractivity contribution in [3.63, 3.8) is 0 Å². The SMILES string of the molecule is C=C(Br)C[C@H](CC[C@@]12C[C@H]3O[C@H]4[C@@H](O1)[C@H]1O[C@@H](CC=O)CC[C@@H]1O[C@H]4[C@H]3O2)OC(=O)c1ccccc1.C=C(Br)C[C@H](CC[C@@]12C[C@H]3O[C@H]4[C@@H](O1)[C@H]1O[C@@H](CCO)CC[C@@H]1O[C@H]4[C@H]3O2)OC(=O)c1ccccc1. The molecule has 2 aromatic rings. The molecule has 0 unspecified atom stereocenters. The summed E-state index contributed by atoms with van der Waals surface area (Å²) in [7, 11) is 0. The number of benzene rings is 2. The number of halogens is 2. The van der Waals surface area contributed by atoms with Crippen molar-refractivity contribution >= 4 is 50.1 Å². The van der Waals surface area contributed by atoms with Gasteiger partial charge < -0.3 is 66.7 Å². The molecule has 18 heteroatoms. The first-order valence-electron chi connectivity index (χ1n) is 25.8. The zero-order valence-electron chi connectivity index (χ0n) is 40.1. The van der Waals surface area contributed by atoms with E-state index in [-0.39, 0.29) is 122 Å². The third-order valence-electron chi connectivity index (χ3n) is 16.0. The van der Waals surface area contributed by atoms with Gasteiger partial charge in [0.2, 0.25) is 0 Å². The van der Waals surface area contributed by atoms with E-state index in [1.807, 2.05) is 36.4 Å². The summed E-state index contributed by atoms with van der Waals surface area (Å²) in [5, 5.41) is 9.42. The molecule has 12 fully saturated rings. The number of hydrogen-bond acceptors (Lipinski definition) is 16. The lowest BCUT2D eigenvalue weighted by molar-refractivity contribution is -0.293. The number of esters is 2. The van der Waals surface area contributed by atoms with Gasteiger partial charge in [0.25, 0.3) is 0 Å². The molecule has 12 bridgehead atoms. The van der Waals surface area contributed by atoms with Crippen LogP contribution in [0.2, 0.25) is 0 Å². The first kappa shape index (κ1) is 51.2. The molecular formula is C54H64Br2O16. The molecule has 16 nitrogen and oxygen atoms in total. The van der Waals surface area contributed by atoms with Crippen LogP contribution in [0.4, 0.5) is 0 Å². The van der Waals surface area contributed by atoms with Crippen LogP contribution in [-0.4, -0.2) is 151 Å². The minimum absolute atomic E-state index is 0.0148. The van der Waals surface area contributed by atoms with Crippen LogP contribution in [0.15, 0.2) is 82.8 Å². The number of aliphatic hydroxyl groups is 1. The van der Waals surface area contributed by atoms with Crippen molar-refractivity contribution < 1.29 is 76.3 Å². The second kappa shape index (κ2) is 21.6. The Hall–Kier alpha value is -2.95. The average molecular weight is 1130 g/mol. The molecule has 14 rings (SSSR count). The smallest absolute Gasteiger partial charge is 0.338 e. The maximum atomic E-state index is 12.7. The van der Waals surface area contributed by atoms with Gasteiger partial charge in [-0.1, -0.05) is 81.4 Å². The largest absolute Gasteiger partial charge is 0.458 e. The minimum Gasteiger partial charge on any atom is -0.458 e. The summed E-state index contributed by atoms with van der Waals surface area (Å²) in [5.41, 5.74) is 1.02. The molecule has 12 aliphatic rings. The summed E-state index contributed by atoms with van der Waals surface area (Å²) in [5.74, 6) is -2.44. The summed E-state index contributed by atoms with van der Waals surface area (Å²) in [6.45, 7) is 7.99. The van der Waals surface area contributed by atoms with Crippen molar-refractivity contribution in [2.24, 2.45) is 0 Å². The average Bonchev–Trinajstić information content (AvgIpc) is 4.00. The van der Waals surface area contributed by atoms with Crippen molar-refractivity contribution in [2.75, 3.05) is 6.61 Å². The zero-order valence-corrected chi connectivity index (χ0v) is 43.3. The highest BCUT2D eigenvalue weighted by Crippen LogP contribution is 2.56. The Bertz CT molecular complexity index is 2290. The number of aldehydes is 1. The monoisotopic (exact) mass is 1130 g/mol. The Morgan fingerprint density at radius 2 is 1.00 bits per heavy atom. The van der Waals surface area contributed by atoms with E-state index in [4.69, 9.17) is 56.8 Å². The van der Waals surface area contributed by atoms with Crippen molar-refractivity contribution in [1.82, 2.24) is 0 Å². The number of hydrogen-bond donors (Lipinski definition) is 1. The van der Waals surface area contributed by atoms with Gasteiger partial charge in [-0.15, -0.1) is 0 Å². The molecule has 0 spiro atoms. The molecular weight excluding hydrogens is 1060 g/mol. The fourth-order valence-corrected chi connectivity index (χ4v) is 13.6. The molecule has 0 radical (unpaired) electrons. The van der Waals surface area contributed by atoms with E-state index in [0.29, 0.717) is 75.3 Å². The van der Waals surface area contributed by atoms with Gasteiger partial charge in [0, 0.05) is 51.6 Å². The Morgan fingerprint density at radius 1 is 0.583 bits per heavy atom. The van der Waals surface area contributed by atoms with Crippen LogP contribution in [0.1, 0.15) is 111 Å². The molecule has 12 saturated heterocycles. The summed E-state index contributed by atoms with van der Waals surface area (Å²) in [6, 6.07) is 18.0. The molecule has 0 saturated carbocycles. The Balaban J connectivity index is 0.000000156. The van der Waals surface area contributed by atoms with Crippen LogP contribution in [0, 0.1) is 0 Å². The summed E-state index contributed by atoms with van der Waals surface area (Å²) >= 11 is 6.85. The molecule has 72 heavy (non-hydrogen) atoms. The molecule has 0 amide bonds. The predicted molar refractivity (Wildman–Crippen MR) is 262 cm³/mol. The lowest BCUT2D eigenvalue weighted by Gasteiger charge is -2.47. The third-order valence-corrected chi connectivity index (χ3v) is 16.7. The van der Waals surface area contributed by atoms with Gasteiger partial charge in [-0.25, -0.2) is 9.59 Å². The maximum Gasteiger partial charge on any atom is 0.338 e. The Kier molecular flexibility index (Phi) is 15.3. The van der Waals surface area contributed by atoms with Gasteiger partial charge in [-0.05, 0) is 78.2 Å². The van der Waals surface area contributed by atoms with E-state index in [1.54, 1.807) is 24.3 Å². The topological polar surface area (TPSA) is 182 Å². The summed E-state index contributed by atoms with van der Waals surface area (Å²) in [4.78, 5) is 36.6. The first-order chi connectivity index (χ1) is 34.9.